The Bertz CT molecular complexity index is 1130. The molecule has 4 aromatic rings. The van der Waals surface area contributed by atoms with Gasteiger partial charge in [0.05, 0.1) is 18.8 Å². The smallest absolute Gasteiger partial charge is 0.263 e. The molecule has 0 bridgehead atoms. The molecule has 0 aliphatic rings. The van der Waals surface area contributed by atoms with Crippen molar-refractivity contribution in [2.24, 2.45) is 0 Å². The zero-order valence-electron chi connectivity index (χ0n) is 15.1. The summed E-state index contributed by atoms with van der Waals surface area (Å²) in [6.07, 6.45) is 1.47. The third-order valence-electron chi connectivity index (χ3n) is 4.49. The van der Waals surface area contributed by atoms with Gasteiger partial charge in [0.1, 0.15) is 11.3 Å². The Kier molecular flexibility index (Phi) is 4.16. The van der Waals surface area contributed by atoms with Gasteiger partial charge in [-0.05, 0) is 42.3 Å². The predicted octanol–water partition coefficient (Wildman–Crippen LogP) is 5.97. The van der Waals surface area contributed by atoms with Crippen molar-refractivity contribution < 1.29 is 18.4 Å². The molecule has 0 saturated heterocycles. The van der Waals surface area contributed by atoms with Crippen molar-refractivity contribution in [1.82, 2.24) is 0 Å². The summed E-state index contributed by atoms with van der Waals surface area (Å²) in [6.45, 7) is 5.95. The summed E-state index contributed by atoms with van der Waals surface area (Å²) in [4.78, 5) is 13.0. The first-order chi connectivity index (χ1) is 13.1. The summed E-state index contributed by atoms with van der Waals surface area (Å²) in [7, 11) is 1.61. The molecule has 2 heterocycles. The Labute approximate surface area is 156 Å². The molecule has 134 valence electrons. The van der Waals surface area contributed by atoms with Gasteiger partial charge in [-0.2, -0.15) is 0 Å². The minimum Gasteiger partial charge on any atom is -0.495 e. The van der Waals surface area contributed by atoms with E-state index in [2.05, 4.69) is 6.58 Å². The van der Waals surface area contributed by atoms with Gasteiger partial charge in [-0.15, -0.1) is 0 Å². The molecule has 0 fully saturated rings. The lowest BCUT2D eigenvalue weighted by Crippen LogP contribution is -2.00. The van der Waals surface area contributed by atoms with Crippen LogP contribution in [0.15, 0.2) is 76.3 Å². The highest BCUT2D eigenvalue weighted by Gasteiger charge is 2.27. The van der Waals surface area contributed by atoms with Gasteiger partial charge < -0.3 is 13.6 Å². The molecule has 27 heavy (non-hydrogen) atoms. The maximum absolute atomic E-state index is 13.0. The lowest BCUT2D eigenvalue weighted by atomic mass is 9.96. The summed E-state index contributed by atoms with van der Waals surface area (Å²) in [5.74, 6) is 0.781. The number of ether oxygens (including phenoxy) is 1. The molecule has 2 aromatic heterocycles. The van der Waals surface area contributed by atoms with Crippen LogP contribution in [0.1, 0.15) is 28.8 Å². The molecule has 0 aliphatic heterocycles. The minimum absolute atomic E-state index is 0.225. The van der Waals surface area contributed by atoms with Crippen molar-refractivity contribution in [2.45, 2.75) is 6.92 Å². The van der Waals surface area contributed by atoms with Crippen molar-refractivity contribution in [3.05, 3.63) is 84.5 Å². The van der Waals surface area contributed by atoms with Crippen LogP contribution in [0.4, 0.5) is 0 Å². The molecule has 0 amide bonds. The average molecular weight is 358 g/mol. The van der Waals surface area contributed by atoms with E-state index in [9.17, 15) is 4.79 Å². The molecule has 2 aromatic carbocycles. The molecule has 0 unspecified atom stereocenters. The minimum atomic E-state index is -0.311. The standard InChI is InChI=1S/C23H18O4/c1-14(2)16-11-12-17-20(22(16)25-3)19(15-8-5-4-6-9-15)23(27-17)21(24)18-10-7-13-26-18/h4-13H,1H2,2-3H3. The zero-order valence-corrected chi connectivity index (χ0v) is 15.1. The van der Waals surface area contributed by atoms with Gasteiger partial charge in [0, 0.05) is 11.1 Å². The first-order valence-electron chi connectivity index (χ1n) is 8.54. The maximum atomic E-state index is 13.0. The highest BCUT2D eigenvalue weighted by molar-refractivity contribution is 6.16. The fourth-order valence-corrected chi connectivity index (χ4v) is 3.27. The molecular formula is C23H18O4. The van der Waals surface area contributed by atoms with E-state index in [0.717, 1.165) is 22.1 Å². The molecule has 0 radical (unpaired) electrons. The van der Waals surface area contributed by atoms with Crippen LogP contribution in [0.25, 0.3) is 27.7 Å². The number of hydrogen-bond acceptors (Lipinski definition) is 4. The van der Waals surface area contributed by atoms with Crippen LogP contribution in [0.5, 0.6) is 5.75 Å². The van der Waals surface area contributed by atoms with Gasteiger partial charge in [-0.3, -0.25) is 4.79 Å². The van der Waals surface area contributed by atoms with Gasteiger partial charge >= 0.3 is 0 Å². The fraction of sp³-hybridized carbons (Fsp3) is 0.0870. The molecular weight excluding hydrogens is 340 g/mol. The largest absolute Gasteiger partial charge is 0.495 e. The third-order valence-corrected chi connectivity index (χ3v) is 4.49. The van der Waals surface area contributed by atoms with Crippen LogP contribution < -0.4 is 4.74 Å². The maximum Gasteiger partial charge on any atom is 0.263 e. The number of fused-ring (bicyclic) bond motifs is 1. The molecule has 4 heteroatoms. The zero-order chi connectivity index (χ0) is 19.0. The second kappa shape index (κ2) is 6.65. The molecule has 0 saturated carbocycles. The number of benzene rings is 2. The molecule has 4 rings (SSSR count). The Morgan fingerprint density at radius 2 is 1.81 bits per heavy atom. The van der Waals surface area contributed by atoms with Crippen molar-refractivity contribution in [3.63, 3.8) is 0 Å². The second-order valence-electron chi connectivity index (χ2n) is 6.28. The van der Waals surface area contributed by atoms with Crippen molar-refractivity contribution in [3.8, 4) is 16.9 Å². The number of carbonyl (C=O) groups excluding carboxylic acids is 1. The molecule has 4 nitrogen and oxygen atoms in total. The highest BCUT2D eigenvalue weighted by Crippen LogP contribution is 2.43. The van der Waals surface area contributed by atoms with Crippen molar-refractivity contribution >= 4 is 22.3 Å². The number of furan rings is 2. The number of allylic oxidation sites excluding steroid dienone is 1. The van der Waals surface area contributed by atoms with E-state index in [-0.39, 0.29) is 17.3 Å². The van der Waals surface area contributed by atoms with Gasteiger partial charge in [0.15, 0.2) is 11.5 Å². The number of hydrogen-bond donors (Lipinski definition) is 0. The Morgan fingerprint density at radius 3 is 2.44 bits per heavy atom. The normalized spacial score (nSPS) is 10.9. The Hall–Kier alpha value is -3.53. The summed E-state index contributed by atoms with van der Waals surface area (Å²) < 4.78 is 17.0. The van der Waals surface area contributed by atoms with Gasteiger partial charge in [0.2, 0.25) is 0 Å². The third kappa shape index (κ3) is 2.75. The summed E-state index contributed by atoms with van der Waals surface area (Å²) >= 11 is 0. The SMILES string of the molecule is C=C(C)c1ccc2oc(C(=O)c3ccco3)c(-c3ccccc3)c2c1OC. The lowest BCUT2D eigenvalue weighted by Gasteiger charge is -2.11. The molecule has 0 spiro atoms. The van der Waals surface area contributed by atoms with E-state index < -0.39 is 0 Å². The predicted molar refractivity (Wildman–Crippen MR) is 105 cm³/mol. The monoisotopic (exact) mass is 358 g/mol. The first-order valence-corrected chi connectivity index (χ1v) is 8.54. The quantitative estimate of drug-likeness (QED) is 0.413. The number of ketones is 1. The van der Waals surface area contributed by atoms with Crippen LogP contribution in [0.2, 0.25) is 0 Å². The molecule has 0 atom stereocenters. The lowest BCUT2D eigenvalue weighted by molar-refractivity contribution is 0.0986. The van der Waals surface area contributed by atoms with Crippen molar-refractivity contribution in [2.75, 3.05) is 7.11 Å². The number of carbonyl (C=O) groups is 1. The fourth-order valence-electron chi connectivity index (χ4n) is 3.27. The van der Waals surface area contributed by atoms with E-state index in [4.69, 9.17) is 13.6 Å². The highest BCUT2D eigenvalue weighted by atomic mass is 16.5. The summed E-state index contributed by atoms with van der Waals surface area (Å²) in [5.41, 5.74) is 3.87. The number of methoxy groups -OCH3 is 1. The summed E-state index contributed by atoms with van der Waals surface area (Å²) in [6, 6.07) is 16.7. The van der Waals surface area contributed by atoms with E-state index >= 15 is 0 Å². The number of rotatable bonds is 5. The van der Waals surface area contributed by atoms with E-state index in [1.165, 1.54) is 6.26 Å². The van der Waals surface area contributed by atoms with E-state index in [0.29, 0.717) is 16.9 Å². The van der Waals surface area contributed by atoms with Gasteiger partial charge in [0.25, 0.3) is 5.78 Å². The van der Waals surface area contributed by atoms with Gasteiger partial charge in [-0.1, -0.05) is 36.9 Å². The topological polar surface area (TPSA) is 52.6 Å². The van der Waals surface area contributed by atoms with Gasteiger partial charge in [-0.25, -0.2) is 0 Å². The van der Waals surface area contributed by atoms with E-state index in [1.807, 2.05) is 49.4 Å². The second-order valence-corrected chi connectivity index (χ2v) is 6.28. The van der Waals surface area contributed by atoms with Crippen LogP contribution in [0.3, 0.4) is 0 Å². The average Bonchev–Trinajstić information content (AvgIpc) is 3.35. The Morgan fingerprint density at radius 1 is 1.04 bits per heavy atom. The molecule has 0 N–H and O–H groups in total. The first kappa shape index (κ1) is 16.9. The van der Waals surface area contributed by atoms with Crippen molar-refractivity contribution in [1.29, 1.82) is 0 Å². The van der Waals surface area contributed by atoms with E-state index in [1.54, 1.807) is 19.2 Å². The Balaban J connectivity index is 2.10. The van der Waals surface area contributed by atoms with Crippen LogP contribution >= 0.6 is 0 Å². The van der Waals surface area contributed by atoms with Crippen LogP contribution in [-0.2, 0) is 0 Å². The van der Waals surface area contributed by atoms with Crippen LogP contribution in [0, 0.1) is 0 Å². The van der Waals surface area contributed by atoms with Crippen LogP contribution in [-0.4, -0.2) is 12.9 Å². The summed E-state index contributed by atoms with van der Waals surface area (Å²) in [5, 5.41) is 0.749. The molecule has 0 aliphatic carbocycles.